The van der Waals surface area contributed by atoms with E-state index in [0.717, 1.165) is 45.9 Å². The van der Waals surface area contributed by atoms with Gasteiger partial charge in [0.2, 0.25) is 0 Å². The van der Waals surface area contributed by atoms with Crippen LogP contribution in [0.2, 0.25) is 0 Å². The Morgan fingerprint density at radius 2 is 1.27 bits per heavy atom. The minimum Gasteiger partial charge on any atom is -0.378 e. The highest BCUT2D eigenvalue weighted by Crippen LogP contribution is 2.00. The van der Waals surface area contributed by atoms with Crippen LogP contribution in [0.1, 0.15) is 34.6 Å². The monoisotopic (exact) mass is 375 g/mol. The number of nitrogens with zero attached hydrogens (tertiary/aromatic N) is 2. The van der Waals surface area contributed by atoms with Crippen LogP contribution in [-0.4, -0.2) is 102 Å². The molecule has 6 nitrogen and oxygen atoms in total. The molecule has 1 aliphatic rings. The lowest BCUT2D eigenvalue weighted by molar-refractivity contribution is 0.00850. The van der Waals surface area contributed by atoms with Crippen molar-refractivity contribution in [1.82, 2.24) is 15.1 Å². The molecule has 0 unspecified atom stereocenters. The smallest absolute Gasteiger partial charge is 0.0701 e. The van der Waals surface area contributed by atoms with E-state index >= 15 is 0 Å². The normalized spacial score (nSPS) is 15.9. The SMILES string of the molecule is CC.CCN1CCN(CCOCCOCCOCCNCC(C)C)CC1. The second-order valence-corrected chi connectivity index (χ2v) is 6.71. The Labute approximate surface area is 162 Å². The number of piperazine rings is 1. The van der Waals surface area contributed by atoms with Crippen LogP contribution in [0.3, 0.4) is 0 Å². The molecule has 0 bridgehead atoms. The van der Waals surface area contributed by atoms with Gasteiger partial charge in [-0.1, -0.05) is 34.6 Å². The van der Waals surface area contributed by atoms with E-state index in [1.807, 2.05) is 13.8 Å². The van der Waals surface area contributed by atoms with Crippen molar-refractivity contribution in [2.45, 2.75) is 34.6 Å². The largest absolute Gasteiger partial charge is 0.378 e. The fraction of sp³-hybridized carbons (Fsp3) is 1.00. The van der Waals surface area contributed by atoms with Crippen molar-refractivity contribution in [3.05, 3.63) is 0 Å². The van der Waals surface area contributed by atoms with E-state index in [4.69, 9.17) is 14.2 Å². The molecule has 0 atom stereocenters. The first-order valence-electron chi connectivity index (χ1n) is 10.6. The molecular weight excluding hydrogens is 330 g/mol. The van der Waals surface area contributed by atoms with E-state index in [1.54, 1.807) is 0 Å². The lowest BCUT2D eigenvalue weighted by atomic mass is 10.2. The molecule has 26 heavy (non-hydrogen) atoms. The zero-order valence-corrected chi connectivity index (χ0v) is 18.1. The standard InChI is InChI=1S/C18H39N3O3.C2H6/c1-4-20-6-8-21(9-7-20)10-12-23-14-16-24-15-13-22-11-5-19-17-18(2)3;1-2/h18-19H,4-17H2,1-3H3;1-2H3. The van der Waals surface area contributed by atoms with Crippen molar-refractivity contribution in [1.29, 1.82) is 0 Å². The summed E-state index contributed by atoms with van der Waals surface area (Å²) in [5.74, 6) is 0.689. The van der Waals surface area contributed by atoms with Crippen molar-refractivity contribution < 1.29 is 14.2 Å². The summed E-state index contributed by atoms with van der Waals surface area (Å²) in [6.45, 7) is 23.7. The van der Waals surface area contributed by atoms with Gasteiger partial charge in [0.15, 0.2) is 0 Å². The first-order chi connectivity index (χ1) is 12.7. The van der Waals surface area contributed by atoms with Gasteiger partial charge in [0.05, 0.1) is 39.6 Å². The minimum absolute atomic E-state index is 0.645. The quantitative estimate of drug-likeness (QED) is 0.442. The Balaban J connectivity index is 0.00000301. The van der Waals surface area contributed by atoms with E-state index < -0.39 is 0 Å². The first-order valence-corrected chi connectivity index (χ1v) is 10.6. The zero-order chi connectivity index (χ0) is 19.5. The molecule has 1 heterocycles. The van der Waals surface area contributed by atoms with Gasteiger partial charge in [-0.05, 0) is 19.0 Å². The summed E-state index contributed by atoms with van der Waals surface area (Å²) < 4.78 is 16.7. The average molecular weight is 376 g/mol. The zero-order valence-electron chi connectivity index (χ0n) is 18.1. The molecule has 0 aromatic rings. The topological polar surface area (TPSA) is 46.2 Å². The molecule has 6 heteroatoms. The van der Waals surface area contributed by atoms with Crippen LogP contribution in [0.5, 0.6) is 0 Å². The third kappa shape index (κ3) is 16.0. The number of likely N-dealkylation sites (N-methyl/N-ethyl adjacent to an activating group) is 1. The summed E-state index contributed by atoms with van der Waals surface area (Å²) in [5, 5.41) is 3.35. The predicted molar refractivity (Wildman–Crippen MR) is 110 cm³/mol. The highest BCUT2D eigenvalue weighted by Gasteiger charge is 2.14. The van der Waals surface area contributed by atoms with Gasteiger partial charge >= 0.3 is 0 Å². The molecule has 1 aliphatic heterocycles. The van der Waals surface area contributed by atoms with E-state index in [-0.39, 0.29) is 0 Å². The van der Waals surface area contributed by atoms with E-state index in [1.165, 1.54) is 19.6 Å². The molecule has 0 spiro atoms. The Morgan fingerprint density at radius 3 is 1.81 bits per heavy atom. The van der Waals surface area contributed by atoms with Crippen LogP contribution in [-0.2, 0) is 14.2 Å². The summed E-state index contributed by atoms with van der Waals surface area (Å²) in [6.07, 6.45) is 0. The Morgan fingerprint density at radius 1 is 0.769 bits per heavy atom. The van der Waals surface area contributed by atoms with Gasteiger partial charge in [0, 0.05) is 39.3 Å². The van der Waals surface area contributed by atoms with Gasteiger partial charge < -0.3 is 24.4 Å². The lowest BCUT2D eigenvalue weighted by Gasteiger charge is -2.33. The number of hydrogen-bond donors (Lipinski definition) is 1. The average Bonchev–Trinajstić information content (AvgIpc) is 2.67. The van der Waals surface area contributed by atoms with Gasteiger partial charge in [0.25, 0.3) is 0 Å². The molecule has 0 aliphatic carbocycles. The summed E-state index contributed by atoms with van der Waals surface area (Å²) in [4.78, 5) is 4.97. The molecule has 1 saturated heterocycles. The van der Waals surface area contributed by atoms with E-state index in [9.17, 15) is 0 Å². The van der Waals surface area contributed by atoms with Crippen LogP contribution in [0.25, 0.3) is 0 Å². The molecule has 0 aromatic carbocycles. The molecule has 0 radical (unpaired) electrons. The van der Waals surface area contributed by atoms with Crippen molar-refractivity contribution in [2.75, 3.05) is 92.0 Å². The van der Waals surface area contributed by atoms with Gasteiger partial charge in [0.1, 0.15) is 0 Å². The van der Waals surface area contributed by atoms with Gasteiger partial charge in [-0.15, -0.1) is 0 Å². The van der Waals surface area contributed by atoms with Crippen molar-refractivity contribution >= 4 is 0 Å². The third-order valence-electron chi connectivity index (χ3n) is 4.18. The second kappa shape index (κ2) is 19.5. The van der Waals surface area contributed by atoms with Crippen molar-refractivity contribution in [3.8, 4) is 0 Å². The summed E-state index contributed by atoms with van der Waals surface area (Å²) >= 11 is 0. The Bertz CT molecular complexity index is 273. The maximum absolute atomic E-state index is 5.64. The van der Waals surface area contributed by atoms with E-state index in [2.05, 4.69) is 35.9 Å². The fourth-order valence-electron chi connectivity index (χ4n) is 2.60. The highest BCUT2D eigenvalue weighted by atomic mass is 16.5. The van der Waals surface area contributed by atoms with Gasteiger partial charge in [-0.2, -0.15) is 0 Å². The van der Waals surface area contributed by atoms with Crippen molar-refractivity contribution in [2.24, 2.45) is 5.92 Å². The molecule has 158 valence electrons. The molecule has 1 N–H and O–H groups in total. The predicted octanol–water partition coefficient (Wildman–Crippen LogP) is 1.95. The maximum Gasteiger partial charge on any atom is 0.0701 e. The van der Waals surface area contributed by atoms with Crippen LogP contribution in [0, 0.1) is 5.92 Å². The van der Waals surface area contributed by atoms with Crippen LogP contribution < -0.4 is 5.32 Å². The minimum atomic E-state index is 0.645. The molecule has 0 amide bonds. The molecule has 0 aromatic heterocycles. The molecular formula is C20H45N3O3. The van der Waals surface area contributed by atoms with Crippen LogP contribution in [0.15, 0.2) is 0 Å². The summed E-state index contributed by atoms with van der Waals surface area (Å²) in [5.41, 5.74) is 0. The summed E-state index contributed by atoms with van der Waals surface area (Å²) in [6, 6.07) is 0. The summed E-state index contributed by atoms with van der Waals surface area (Å²) in [7, 11) is 0. The van der Waals surface area contributed by atoms with Gasteiger partial charge in [-0.25, -0.2) is 0 Å². The number of hydrogen-bond acceptors (Lipinski definition) is 6. The second-order valence-electron chi connectivity index (χ2n) is 6.71. The molecule has 1 rings (SSSR count). The molecule has 1 fully saturated rings. The van der Waals surface area contributed by atoms with E-state index in [0.29, 0.717) is 32.3 Å². The Hall–Kier alpha value is -0.240. The number of rotatable bonds is 15. The maximum atomic E-state index is 5.64. The number of ether oxygens (including phenoxy) is 3. The van der Waals surface area contributed by atoms with Crippen molar-refractivity contribution in [3.63, 3.8) is 0 Å². The fourth-order valence-corrected chi connectivity index (χ4v) is 2.60. The lowest BCUT2D eigenvalue weighted by Crippen LogP contribution is -2.47. The van der Waals surface area contributed by atoms with Gasteiger partial charge in [-0.3, -0.25) is 4.90 Å². The Kier molecular flexibility index (Phi) is 19.3. The highest BCUT2D eigenvalue weighted by molar-refractivity contribution is 4.70. The van der Waals surface area contributed by atoms with Crippen LogP contribution in [0.4, 0.5) is 0 Å². The molecule has 0 saturated carbocycles. The van der Waals surface area contributed by atoms with Crippen LogP contribution >= 0.6 is 0 Å². The third-order valence-corrected chi connectivity index (χ3v) is 4.18. The first kappa shape index (κ1) is 25.8. The number of nitrogens with one attached hydrogen (secondary N) is 1.